The van der Waals surface area contributed by atoms with Crippen LogP contribution in [-0.2, 0) is 4.79 Å². The van der Waals surface area contributed by atoms with Crippen LogP contribution in [0.3, 0.4) is 0 Å². The van der Waals surface area contributed by atoms with E-state index in [1.54, 1.807) is 0 Å². The van der Waals surface area contributed by atoms with Gasteiger partial charge >= 0.3 is 0 Å². The summed E-state index contributed by atoms with van der Waals surface area (Å²) in [5.41, 5.74) is 1.52. The molecule has 0 heterocycles. The zero-order valence-corrected chi connectivity index (χ0v) is 13.8. The SMILES string of the molecule is CCCC/C=C(/C)C(C(=O)C(C)C)[Si](C)(C)C. The third kappa shape index (κ3) is 5.67. The Morgan fingerprint density at radius 3 is 2.12 bits per heavy atom. The van der Waals surface area contributed by atoms with Crippen molar-refractivity contribution in [1.82, 2.24) is 0 Å². The van der Waals surface area contributed by atoms with Gasteiger partial charge in [-0.2, -0.15) is 0 Å². The van der Waals surface area contributed by atoms with Crippen molar-refractivity contribution in [1.29, 1.82) is 0 Å². The van der Waals surface area contributed by atoms with Crippen LogP contribution >= 0.6 is 0 Å². The van der Waals surface area contributed by atoms with Crippen molar-refractivity contribution in [3.05, 3.63) is 11.6 Å². The van der Waals surface area contributed by atoms with Crippen molar-refractivity contribution in [3.8, 4) is 0 Å². The maximum atomic E-state index is 12.4. The first-order valence-corrected chi connectivity index (χ1v) is 10.5. The van der Waals surface area contributed by atoms with E-state index >= 15 is 0 Å². The highest BCUT2D eigenvalue weighted by molar-refractivity contribution is 6.81. The Labute approximate surface area is 109 Å². The van der Waals surface area contributed by atoms with Crippen LogP contribution in [-0.4, -0.2) is 13.9 Å². The van der Waals surface area contributed by atoms with E-state index in [0.29, 0.717) is 5.78 Å². The maximum Gasteiger partial charge on any atom is 0.139 e. The number of hydrogen-bond acceptors (Lipinski definition) is 1. The lowest BCUT2D eigenvalue weighted by Crippen LogP contribution is -2.36. The second kappa shape index (κ2) is 7.15. The summed E-state index contributed by atoms with van der Waals surface area (Å²) in [6.07, 6.45) is 5.87. The summed E-state index contributed by atoms with van der Waals surface area (Å²) >= 11 is 0. The van der Waals surface area contributed by atoms with Crippen LogP contribution in [0.4, 0.5) is 0 Å². The van der Waals surface area contributed by atoms with Crippen LogP contribution in [0.25, 0.3) is 0 Å². The molecule has 1 unspecified atom stereocenters. The van der Waals surface area contributed by atoms with E-state index in [0.717, 1.165) is 6.42 Å². The molecule has 100 valence electrons. The van der Waals surface area contributed by atoms with Crippen LogP contribution < -0.4 is 0 Å². The molecule has 0 saturated heterocycles. The topological polar surface area (TPSA) is 17.1 Å². The molecule has 2 heteroatoms. The largest absolute Gasteiger partial charge is 0.299 e. The predicted octanol–water partition coefficient (Wildman–Crippen LogP) is 5.06. The maximum absolute atomic E-state index is 12.4. The molecule has 0 aromatic heterocycles. The molecule has 0 aliphatic carbocycles. The molecule has 0 aliphatic heterocycles. The predicted molar refractivity (Wildman–Crippen MR) is 80.2 cm³/mol. The minimum absolute atomic E-state index is 0.154. The van der Waals surface area contributed by atoms with Gasteiger partial charge in [-0.1, -0.05) is 64.9 Å². The number of allylic oxidation sites excluding steroid dienone is 2. The highest BCUT2D eigenvalue weighted by atomic mass is 28.3. The van der Waals surface area contributed by atoms with E-state index in [1.165, 1.54) is 18.4 Å². The molecule has 1 atom stereocenters. The van der Waals surface area contributed by atoms with Gasteiger partial charge < -0.3 is 0 Å². The Bertz CT molecular complexity index is 271. The summed E-state index contributed by atoms with van der Waals surface area (Å²) in [6, 6.07) is 0. The summed E-state index contributed by atoms with van der Waals surface area (Å²) in [7, 11) is -1.45. The van der Waals surface area contributed by atoms with Gasteiger partial charge in [0.1, 0.15) is 5.78 Å². The first-order valence-electron chi connectivity index (χ1n) is 6.92. The van der Waals surface area contributed by atoms with Crippen LogP contribution in [0.15, 0.2) is 11.6 Å². The summed E-state index contributed by atoms with van der Waals surface area (Å²) in [4.78, 5) is 12.4. The van der Waals surface area contributed by atoms with Gasteiger partial charge in [0.25, 0.3) is 0 Å². The highest BCUT2D eigenvalue weighted by Crippen LogP contribution is 2.33. The molecule has 0 saturated carbocycles. The number of carbonyl (C=O) groups is 1. The lowest BCUT2D eigenvalue weighted by Gasteiger charge is -2.30. The minimum atomic E-state index is -1.45. The van der Waals surface area contributed by atoms with Gasteiger partial charge in [-0.25, -0.2) is 0 Å². The van der Waals surface area contributed by atoms with E-state index in [1.807, 2.05) is 13.8 Å². The molecule has 0 N–H and O–H groups in total. The lowest BCUT2D eigenvalue weighted by molar-refractivity contribution is -0.121. The number of rotatable bonds is 7. The van der Waals surface area contributed by atoms with Gasteiger partial charge in [-0.15, -0.1) is 0 Å². The van der Waals surface area contributed by atoms with E-state index in [9.17, 15) is 4.79 Å². The minimum Gasteiger partial charge on any atom is -0.299 e. The number of ketones is 1. The summed E-state index contributed by atoms with van der Waals surface area (Å²) in [5, 5.41) is 0. The van der Waals surface area contributed by atoms with Crippen LogP contribution in [0.1, 0.15) is 47.0 Å². The fraction of sp³-hybridized carbons (Fsp3) is 0.800. The van der Waals surface area contributed by atoms with Gasteiger partial charge in [-0.3, -0.25) is 4.79 Å². The summed E-state index contributed by atoms with van der Waals surface area (Å²) < 4.78 is 0. The third-order valence-corrected chi connectivity index (χ3v) is 5.67. The van der Waals surface area contributed by atoms with Crippen molar-refractivity contribution in [2.45, 2.75) is 72.1 Å². The van der Waals surface area contributed by atoms with Gasteiger partial charge in [0.2, 0.25) is 0 Å². The quantitative estimate of drug-likeness (QED) is 0.353. The van der Waals surface area contributed by atoms with Crippen molar-refractivity contribution in [2.24, 2.45) is 5.92 Å². The molecule has 0 spiro atoms. The summed E-state index contributed by atoms with van der Waals surface area (Å²) in [5.74, 6) is 0.593. The molecule has 1 nitrogen and oxygen atoms in total. The molecule has 0 aromatic rings. The molecular formula is C15H30OSi. The van der Waals surface area contributed by atoms with E-state index in [2.05, 4.69) is 39.6 Å². The molecular weight excluding hydrogens is 224 g/mol. The lowest BCUT2D eigenvalue weighted by atomic mass is 10.00. The van der Waals surface area contributed by atoms with Crippen molar-refractivity contribution in [3.63, 3.8) is 0 Å². The fourth-order valence-corrected chi connectivity index (χ4v) is 4.99. The van der Waals surface area contributed by atoms with Gasteiger partial charge in [0.15, 0.2) is 0 Å². The normalized spacial score (nSPS) is 15.2. The number of carbonyl (C=O) groups excluding carboxylic acids is 1. The fourth-order valence-electron chi connectivity index (χ4n) is 2.32. The third-order valence-electron chi connectivity index (χ3n) is 3.20. The Kier molecular flexibility index (Phi) is 6.99. The molecule has 17 heavy (non-hydrogen) atoms. The Morgan fingerprint density at radius 2 is 1.76 bits per heavy atom. The Morgan fingerprint density at radius 1 is 1.24 bits per heavy atom. The molecule has 0 aliphatic rings. The second-order valence-corrected chi connectivity index (χ2v) is 11.8. The summed E-state index contributed by atoms with van der Waals surface area (Å²) in [6.45, 7) is 15.3. The average Bonchev–Trinajstić information content (AvgIpc) is 2.15. The van der Waals surface area contributed by atoms with E-state index < -0.39 is 8.07 Å². The molecule has 0 bridgehead atoms. The number of unbranched alkanes of at least 4 members (excludes halogenated alkanes) is 2. The first-order chi connectivity index (χ1) is 7.71. The van der Waals surface area contributed by atoms with Crippen molar-refractivity contribution in [2.75, 3.05) is 0 Å². The molecule has 0 radical (unpaired) electrons. The van der Waals surface area contributed by atoms with Gasteiger partial charge in [-0.05, 0) is 13.3 Å². The first kappa shape index (κ1) is 16.6. The molecule has 0 amide bonds. The monoisotopic (exact) mass is 254 g/mol. The van der Waals surface area contributed by atoms with Crippen LogP contribution in [0.5, 0.6) is 0 Å². The smallest absolute Gasteiger partial charge is 0.139 e. The Balaban J connectivity index is 4.94. The zero-order valence-electron chi connectivity index (χ0n) is 12.8. The van der Waals surface area contributed by atoms with E-state index in [4.69, 9.17) is 0 Å². The van der Waals surface area contributed by atoms with Crippen molar-refractivity contribution >= 4 is 13.9 Å². The van der Waals surface area contributed by atoms with E-state index in [-0.39, 0.29) is 11.5 Å². The highest BCUT2D eigenvalue weighted by Gasteiger charge is 2.34. The zero-order chi connectivity index (χ0) is 13.6. The molecule has 0 rings (SSSR count). The molecule has 0 aromatic carbocycles. The average molecular weight is 254 g/mol. The second-order valence-electron chi connectivity index (χ2n) is 6.45. The van der Waals surface area contributed by atoms with Crippen LogP contribution in [0, 0.1) is 5.92 Å². The van der Waals surface area contributed by atoms with Gasteiger partial charge in [0, 0.05) is 11.5 Å². The van der Waals surface area contributed by atoms with Crippen molar-refractivity contribution < 1.29 is 4.79 Å². The molecule has 0 fully saturated rings. The van der Waals surface area contributed by atoms with Crippen LogP contribution in [0.2, 0.25) is 25.2 Å². The number of hydrogen-bond donors (Lipinski definition) is 0. The number of Topliss-reactive ketones (excluding diaryl/α,β-unsaturated/α-hetero) is 1. The Hall–Kier alpha value is -0.373. The van der Waals surface area contributed by atoms with Gasteiger partial charge in [0.05, 0.1) is 8.07 Å². The standard InChI is InChI=1S/C15H30OSi/c1-8-9-10-11-13(4)15(17(5,6)7)14(16)12(2)3/h11-12,15H,8-10H2,1-7H3/b13-11-.